The third kappa shape index (κ3) is 2.24. The number of phenols is 1. The Morgan fingerprint density at radius 3 is 2.29 bits per heavy atom. The van der Waals surface area contributed by atoms with Crippen LogP contribution in [0.4, 0.5) is 13.2 Å². The maximum Gasteiger partial charge on any atom is 0.416 e. The number of rotatable bonds is 1. The maximum atomic E-state index is 12.0. The molecule has 0 bridgehead atoms. The van der Waals surface area contributed by atoms with Crippen molar-refractivity contribution in [2.24, 2.45) is 0 Å². The molecule has 0 aliphatic heterocycles. The van der Waals surface area contributed by atoms with Crippen LogP contribution in [-0.2, 0) is 17.3 Å². The van der Waals surface area contributed by atoms with E-state index in [1.165, 1.54) is 0 Å². The molecule has 0 saturated heterocycles. The van der Waals surface area contributed by atoms with Crippen molar-refractivity contribution in [2.75, 3.05) is 0 Å². The molecule has 1 aromatic carbocycles. The Hall–Kier alpha value is -1.08. The van der Waals surface area contributed by atoms with E-state index < -0.39 is 33.5 Å². The molecule has 1 rings (SSSR count). The van der Waals surface area contributed by atoms with Crippen LogP contribution in [0.15, 0.2) is 23.1 Å². The molecule has 0 amide bonds. The topological polar surface area (TPSA) is 60.4 Å². The number of hydrogen-bond donors (Lipinski definition) is 1. The van der Waals surface area contributed by atoms with Gasteiger partial charge in [0.1, 0.15) is 5.75 Å². The fourth-order valence-electron chi connectivity index (χ4n) is 0.835. The molecule has 0 aliphatic rings. The Labute approximate surface area is 79.5 Å². The standard InChI is InChI=1S/C7H5F3O3S/c8-7(9,10)4-1-2-6(14(12)13)5(11)3-4/h1-3,11H,(H,12,13)/p-1. The van der Waals surface area contributed by atoms with E-state index >= 15 is 0 Å². The van der Waals surface area contributed by atoms with Crippen LogP contribution in [0.2, 0.25) is 0 Å². The summed E-state index contributed by atoms with van der Waals surface area (Å²) in [6, 6.07) is 1.65. The molecule has 1 N–H and O–H groups in total. The van der Waals surface area contributed by atoms with E-state index in [9.17, 15) is 21.9 Å². The predicted octanol–water partition coefficient (Wildman–Crippen LogP) is 1.65. The van der Waals surface area contributed by atoms with Crippen LogP contribution < -0.4 is 0 Å². The first kappa shape index (κ1) is 11.0. The summed E-state index contributed by atoms with van der Waals surface area (Å²) in [7, 11) is 0. The summed E-state index contributed by atoms with van der Waals surface area (Å²) in [4.78, 5) is -0.557. The van der Waals surface area contributed by atoms with Crippen molar-refractivity contribution in [2.45, 2.75) is 11.1 Å². The van der Waals surface area contributed by atoms with Gasteiger partial charge in [-0.05, 0) is 29.3 Å². The average Bonchev–Trinajstić information content (AvgIpc) is 2.01. The number of halogens is 3. The summed E-state index contributed by atoms with van der Waals surface area (Å²) in [6.45, 7) is 0. The quantitative estimate of drug-likeness (QED) is 0.739. The molecule has 1 atom stereocenters. The average molecular weight is 225 g/mol. The van der Waals surface area contributed by atoms with Crippen LogP contribution >= 0.6 is 0 Å². The second-order valence-electron chi connectivity index (χ2n) is 2.41. The minimum atomic E-state index is -4.60. The molecule has 1 aromatic rings. The van der Waals surface area contributed by atoms with E-state index in [1.807, 2.05) is 0 Å². The van der Waals surface area contributed by atoms with Gasteiger partial charge in [0.15, 0.2) is 0 Å². The van der Waals surface area contributed by atoms with Gasteiger partial charge in [-0.3, -0.25) is 4.21 Å². The highest BCUT2D eigenvalue weighted by atomic mass is 32.2. The van der Waals surface area contributed by atoms with Crippen molar-refractivity contribution < 1.29 is 27.0 Å². The molecular formula is C7H4F3O3S-. The summed E-state index contributed by atoms with van der Waals surface area (Å²) >= 11 is -2.74. The molecule has 78 valence electrons. The molecule has 3 nitrogen and oxygen atoms in total. The highest BCUT2D eigenvalue weighted by Gasteiger charge is 2.31. The third-order valence-corrected chi connectivity index (χ3v) is 2.17. The van der Waals surface area contributed by atoms with Gasteiger partial charge in [-0.15, -0.1) is 0 Å². The third-order valence-electron chi connectivity index (χ3n) is 1.47. The summed E-state index contributed by atoms with van der Waals surface area (Å²) in [5.41, 5.74) is -1.09. The van der Waals surface area contributed by atoms with Gasteiger partial charge in [0.2, 0.25) is 0 Å². The van der Waals surface area contributed by atoms with Crippen LogP contribution in [-0.4, -0.2) is 13.9 Å². The van der Waals surface area contributed by atoms with Gasteiger partial charge >= 0.3 is 6.18 Å². The van der Waals surface area contributed by atoms with E-state index in [4.69, 9.17) is 5.11 Å². The fraction of sp³-hybridized carbons (Fsp3) is 0.143. The molecule has 14 heavy (non-hydrogen) atoms. The molecule has 0 aromatic heterocycles. The van der Waals surface area contributed by atoms with Gasteiger partial charge in [0.05, 0.1) is 10.5 Å². The van der Waals surface area contributed by atoms with Crippen molar-refractivity contribution >= 4 is 11.1 Å². The Morgan fingerprint density at radius 1 is 1.36 bits per heavy atom. The Kier molecular flexibility index (Phi) is 2.81. The molecular weight excluding hydrogens is 221 g/mol. The maximum absolute atomic E-state index is 12.0. The first-order chi connectivity index (χ1) is 6.32. The minimum absolute atomic E-state index is 0.366. The smallest absolute Gasteiger partial charge is 0.416 e. The van der Waals surface area contributed by atoms with E-state index in [0.717, 1.165) is 0 Å². The van der Waals surface area contributed by atoms with Gasteiger partial charge in [0.25, 0.3) is 0 Å². The van der Waals surface area contributed by atoms with E-state index in [1.54, 1.807) is 0 Å². The van der Waals surface area contributed by atoms with Crippen molar-refractivity contribution in [1.82, 2.24) is 0 Å². The monoisotopic (exact) mass is 225 g/mol. The molecule has 0 fully saturated rings. The van der Waals surface area contributed by atoms with Crippen molar-refractivity contribution in [3.05, 3.63) is 23.8 Å². The largest absolute Gasteiger partial charge is 0.768 e. The number of phenolic OH excluding ortho intramolecular Hbond substituents is 1. The van der Waals surface area contributed by atoms with Crippen LogP contribution in [0.25, 0.3) is 0 Å². The fourth-order valence-corrected chi connectivity index (χ4v) is 1.24. The van der Waals surface area contributed by atoms with Crippen LogP contribution in [0, 0.1) is 0 Å². The molecule has 0 heterocycles. The Balaban J connectivity index is 3.20. The van der Waals surface area contributed by atoms with Gasteiger partial charge in [-0.1, -0.05) is 0 Å². The second-order valence-corrected chi connectivity index (χ2v) is 3.32. The SMILES string of the molecule is O=S([O-])c1ccc(C(F)(F)F)cc1O. The van der Waals surface area contributed by atoms with Crippen LogP contribution in [0.5, 0.6) is 5.75 Å². The Bertz CT molecular complexity index is 375. The lowest BCUT2D eigenvalue weighted by atomic mass is 10.2. The van der Waals surface area contributed by atoms with E-state index in [-0.39, 0.29) is 0 Å². The zero-order valence-electron chi connectivity index (χ0n) is 6.54. The van der Waals surface area contributed by atoms with E-state index in [2.05, 4.69) is 0 Å². The van der Waals surface area contributed by atoms with E-state index in [0.29, 0.717) is 18.2 Å². The van der Waals surface area contributed by atoms with Gasteiger partial charge in [-0.2, -0.15) is 13.2 Å². The lowest BCUT2D eigenvalue weighted by Crippen LogP contribution is -2.05. The Morgan fingerprint density at radius 2 is 1.93 bits per heavy atom. The van der Waals surface area contributed by atoms with Crippen LogP contribution in [0.1, 0.15) is 5.56 Å². The lowest BCUT2D eigenvalue weighted by molar-refractivity contribution is -0.137. The summed E-state index contributed by atoms with van der Waals surface area (Å²) < 4.78 is 56.8. The van der Waals surface area contributed by atoms with Crippen molar-refractivity contribution in [3.63, 3.8) is 0 Å². The minimum Gasteiger partial charge on any atom is -0.768 e. The van der Waals surface area contributed by atoms with Gasteiger partial charge < -0.3 is 9.66 Å². The summed E-state index contributed by atoms with van der Waals surface area (Å²) in [6.07, 6.45) is -4.60. The second kappa shape index (κ2) is 3.58. The van der Waals surface area contributed by atoms with Crippen molar-refractivity contribution in [3.8, 4) is 5.75 Å². The zero-order valence-corrected chi connectivity index (χ0v) is 7.35. The summed E-state index contributed by atoms with van der Waals surface area (Å²) in [5, 5.41) is 8.93. The number of alkyl halides is 3. The molecule has 0 saturated carbocycles. The summed E-state index contributed by atoms with van der Waals surface area (Å²) in [5.74, 6) is -0.909. The van der Waals surface area contributed by atoms with Gasteiger partial charge in [0, 0.05) is 0 Å². The molecule has 7 heteroatoms. The van der Waals surface area contributed by atoms with Crippen LogP contribution in [0.3, 0.4) is 0 Å². The predicted molar refractivity (Wildman–Crippen MR) is 40.3 cm³/mol. The van der Waals surface area contributed by atoms with Gasteiger partial charge in [-0.25, -0.2) is 0 Å². The normalized spacial score (nSPS) is 14.0. The number of hydrogen-bond acceptors (Lipinski definition) is 3. The molecule has 0 aliphatic carbocycles. The zero-order chi connectivity index (χ0) is 10.9. The molecule has 1 unspecified atom stereocenters. The highest BCUT2D eigenvalue weighted by molar-refractivity contribution is 7.79. The lowest BCUT2D eigenvalue weighted by Gasteiger charge is -2.11. The number of aromatic hydroxyl groups is 1. The van der Waals surface area contributed by atoms with Crippen molar-refractivity contribution in [1.29, 1.82) is 0 Å². The highest BCUT2D eigenvalue weighted by Crippen LogP contribution is 2.33. The first-order valence-electron chi connectivity index (χ1n) is 3.32. The number of benzene rings is 1. The first-order valence-corrected chi connectivity index (χ1v) is 4.39. The molecule has 0 radical (unpaired) electrons. The molecule has 0 spiro atoms.